The van der Waals surface area contributed by atoms with Gasteiger partial charge in [0.25, 0.3) is 0 Å². The van der Waals surface area contributed by atoms with Gasteiger partial charge in [-0.1, -0.05) is 19.1 Å². The van der Waals surface area contributed by atoms with Gasteiger partial charge in [0.05, 0.1) is 11.5 Å². The van der Waals surface area contributed by atoms with Gasteiger partial charge < -0.3 is 11.1 Å². The lowest BCUT2D eigenvalue weighted by Gasteiger charge is -2.18. The van der Waals surface area contributed by atoms with Gasteiger partial charge in [-0.25, -0.2) is 0 Å². The molecule has 5 heteroatoms. The molecule has 0 aromatic rings. The monoisotopic (exact) mass is 231 g/mol. The summed E-state index contributed by atoms with van der Waals surface area (Å²) >= 11 is 4.79. The Morgan fingerprint density at radius 3 is 2.60 bits per heavy atom. The highest BCUT2D eigenvalue weighted by Gasteiger charge is 2.06. The Labute approximate surface area is 97.2 Å². The number of hydrogen-bond donors (Lipinski definition) is 2. The lowest BCUT2D eigenvalue weighted by Crippen LogP contribution is -2.36. The highest BCUT2D eigenvalue weighted by molar-refractivity contribution is 7.80. The molecule has 3 N–H and O–H groups in total. The van der Waals surface area contributed by atoms with E-state index in [1.165, 1.54) is 0 Å². The van der Waals surface area contributed by atoms with E-state index in [1.807, 2.05) is 0 Å². The summed E-state index contributed by atoms with van der Waals surface area (Å²) in [6.07, 6.45) is 2.83. The Balaban J connectivity index is 3.61. The fourth-order valence-electron chi connectivity index (χ4n) is 1.27. The van der Waals surface area contributed by atoms with E-state index in [1.54, 1.807) is 7.05 Å². The van der Waals surface area contributed by atoms with E-state index >= 15 is 0 Å². The zero-order chi connectivity index (χ0) is 11.7. The lowest BCUT2D eigenvalue weighted by atomic mass is 10.2. The number of amides is 1. The van der Waals surface area contributed by atoms with E-state index in [0.717, 1.165) is 32.4 Å². The van der Waals surface area contributed by atoms with Crippen LogP contribution in [0, 0.1) is 0 Å². The van der Waals surface area contributed by atoms with Crippen molar-refractivity contribution in [1.82, 2.24) is 10.2 Å². The van der Waals surface area contributed by atoms with Crippen LogP contribution in [-0.4, -0.2) is 42.5 Å². The summed E-state index contributed by atoms with van der Waals surface area (Å²) in [7, 11) is 1.66. The van der Waals surface area contributed by atoms with Crippen molar-refractivity contribution in [2.24, 2.45) is 5.73 Å². The van der Waals surface area contributed by atoms with Crippen LogP contribution >= 0.6 is 12.2 Å². The third-order valence-electron chi connectivity index (χ3n) is 2.24. The molecule has 0 saturated heterocycles. The molecule has 0 atom stereocenters. The van der Waals surface area contributed by atoms with Gasteiger partial charge in [0.15, 0.2) is 0 Å². The second-order valence-electron chi connectivity index (χ2n) is 3.47. The molecule has 0 saturated carbocycles. The number of likely N-dealkylation sites (N-methyl/N-ethyl adjacent to an activating group) is 2. The second kappa shape index (κ2) is 8.61. The number of rotatable bonds is 8. The smallest absolute Gasteiger partial charge is 0.233 e. The Morgan fingerprint density at radius 2 is 2.13 bits per heavy atom. The third kappa shape index (κ3) is 8.32. The number of nitrogens with one attached hydrogen (secondary N) is 1. The van der Waals surface area contributed by atoms with Crippen LogP contribution in [0.3, 0.4) is 0 Å². The van der Waals surface area contributed by atoms with Crippen LogP contribution in [0.4, 0.5) is 0 Å². The van der Waals surface area contributed by atoms with Gasteiger partial charge in [0, 0.05) is 7.05 Å². The highest BCUT2D eigenvalue weighted by Crippen LogP contribution is 1.98. The molecule has 0 bridgehead atoms. The maximum Gasteiger partial charge on any atom is 0.233 e. The number of unbranched alkanes of at least 4 members (excludes halogenated alkanes) is 1. The first-order valence-electron chi connectivity index (χ1n) is 5.31. The molecule has 0 unspecified atom stereocenters. The fraction of sp³-hybridized carbons (Fsp3) is 0.800. The summed E-state index contributed by atoms with van der Waals surface area (Å²) in [5.74, 6) is 0.0613. The number of nitrogens with zero attached hydrogens (tertiary/aromatic N) is 1. The lowest BCUT2D eigenvalue weighted by molar-refractivity contribution is -0.121. The summed E-state index contributed by atoms with van der Waals surface area (Å²) in [6.45, 7) is 4.34. The maximum atomic E-state index is 11.1. The predicted octanol–water partition coefficient (Wildman–Crippen LogP) is 0.511. The van der Waals surface area contributed by atoms with Gasteiger partial charge in [-0.3, -0.25) is 9.69 Å². The van der Waals surface area contributed by atoms with Crippen molar-refractivity contribution in [3.8, 4) is 0 Å². The van der Waals surface area contributed by atoms with Crippen LogP contribution in [0.15, 0.2) is 0 Å². The van der Waals surface area contributed by atoms with Crippen LogP contribution in [0.2, 0.25) is 0 Å². The van der Waals surface area contributed by atoms with Crippen molar-refractivity contribution in [2.45, 2.75) is 26.2 Å². The minimum Gasteiger partial charge on any atom is -0.393 e. The van der Waals surface area contributed by atoms with Gasteiger partial charge in [0.1, 0.15) is 0 Å². The molecule has 0 aromatic heterocycles. The summed E-state index contributed by atoms with van der Waals surface area (Å²) < 4.78 is 0. The zero-order valence-electron chi connectivity index (χ0n) is 9.58. The minimum absolute atomic E-state index is 0.0613. The van der Waals surface area contributed by atoms with E-state index in [2.05, 4.69) is 17.1 Å². The van der Waals surface area contributed by atoms with Gasteiger partial charge in [-0.2, -0.15) is 0 Å². The molecule has 0 spiro atoms. The van der Waals surface area contributed by atoms with Crippen LogP contribution < -0.4 is 11.1 Å². The SMILES string of the molecule is CCN(CCCCC(N)=S)CC(=O)NC. The Bertz CT molecular complexity index is 209. The molecular formula is C10H21N3OS. The molecule has 4 nitrogen and oxygen atoms in total. The van der Waals surface area contributed by atoms with Crippen LogP contribution in [0.5, 0.6) is 0 Å². The quantitative estimate of drug-likeness (QED) is 0.472. The second-order valence-corrected chi connectivity index (χ2v) is 3.99. The number of thiocarbonyl (C=S) groups is 1. The highest BCUT2D eigenvalue weighted by atomic mass is 32.1. The molecule has 0 radical (unpaired) electrons. The van der Waals surface area contributed by atoms with E-state index in [-0.39, 0.29) is 5.91 Å². The Kier molecular flexibility index (Phi) is 8.22. The van der Waals surface area contributed by atoms with Gasteiger partial charge >= 0.3 is 0 Å². The third-order valence-corrected chi connectivity index (χ3v) is 2.44. The molecule has 0 heterocycles. The first kappa shape index (κ1) is 14.3. The summed E-state index contributed by atoms with van der Waals surface area (Å²) in [6, 6.07) is 0. The summed E-state index contributed by atoms with van der Waals surface area (Å²) in [5, 5.41) is 2.62. The van der Waals surface area contributed by atoms with Crippen LogP contribution in [0.25, 0.3) is 0 Å². The Hall–Kier alpha value is -0.680. The van der Waals surface area contributed by atoms with Crippen molar-refractivity contribution in [1.29, 1.82) is 0 Å². The van der Waals surface area contributed by atoms with Gasteiger partial charge in [-0.15, -0.1) is 0 Å². The van der Waals surface area contributed by atoms with Crippen molar-refractivity contribution < 1.29 is 4.79 Å². The summed E-state index contributed by atoms with van der Waals surface area (Å²) in [4.78, 5) is 13.8. The molecular weight excluding hydrogens is 210 g/mol. The van der Waals surface area contributed by atoms with E-state index < -0.39 is 0 Å². The maximum absolute atomic E-state index is 11.1. The zero-order valence-corrected chi connectivity index (χ0v) is 10.4. The average molecular weight is 231 g/mol. The molecule has 0 aliphatic carbocycles. The normalized spacial score (nSPS) is 10.3. The van der Waals surface area contributed by atoms with Crippen LogP contribution in [-0.2, 0) is 4.79 Å². The van der Waals surface area contributed by atoms with Crippen molar-refractivity contribution in [2.75, 3.05) is 26.7 Å². The molecule has 1 amide bonds. The minimum atomic E-state index is 0.0613. The molecule has 0 rings (SSSR count). The molecule has 0 aliphatic rings. The molecule has 0 fully saturated rings. The first-order chi connectivity index (χ1) is 7.10. The first-order valence-corrected chi connectivity index (χ1v) is 5.72. The van der Waals surface area contributed by atoms with Crippen molar-refractivity contribution >= 4 is 23.1 Å². The Morgan fingerprint density at radius 1 is 1.47 bits per heavy atom. The van der Waals surface area contributed by atoms with E-state index in [0.29, 0.717) is 11.5 Å². The number of hydrogen-bond acceptors (Lipinski definition) is 3. The van der Waals surface area contributed by atoms with E-state index in [9.17, 15) is 4.79 Å². The number of carbonyl (C=O) groups excluding carboxylic acids is 1. The van der Waals surface area contributed by atoms with Crippen molar-refractivity contribution in [3.05, 3.63) is 0 Å². The van der Waals surface area contributed by atoms with Crippen LogP contribution in [0.1, 0.15) is 26.2 Å². The topological polar surface area (TPSA) is 58.4 Å². The molecule has 0 aliphatic heterocycles. The standard InChI is InChI=1S/C10H21N3OS/c1-3-13(8-10(14)12-2)7-5-4-6-9(11)15/h3-8H2,1-2H3,(H2,11,15)(H,12,14). The molecule has 88 valence electrons. The largest absolute Gasteiger partial charge is 0.393 e. The summed E-state index contributed by atoms with van der Waals surface area (Å²) in [5.41, 5.74) is 5.40. The fourth-order valence-corrected chi connectivity index (χ4v) is 1.41. The predicted molar refractivity (Wildman–Crippen MR) is 66.8 cm³/mol. The molecule has 0 aromatic carbocycles. The average Bonchev–Trinajstić information content (AvgIpc) is 2.21. The van der Waals surface area contributed by atoms with E-state index in [4.69, 9.17) is 18.0 Å². The number of carbonyl (C=O) groups is 1. The van der Waals surface area contributed by atoms with Gasteiger partial charge in [0.2, 0.25) is 5.91 Å². The molecule has 15 heavy (non-hydrogen) atoms. The van der Waals surface area contributed by atoms with Gasteiger partial charge in [-0.05, 0) is 32.4 Å². The van der Waals surface area contributed by atoms with Crippen molar-refractivity contribution in [3.63, 3.8) is 0 Å². The number of nitrogens with two attached hydrogens (primary N) is 1.